The fourth-order valence-corrected chi connectivity index (χ4v) is 2.93. The van der Waals surface area contributed by atoms with E-state index in [0.29, 0.717) is 23.9 Å². The Morgan fingerprint density at radius 3 is 2.86 bits per heavy atom. The standard InChI is InChI=1S/C14H20ClN3O2S/c1-9-3-5-14(20,6-4-9)8-17-12(19)11-10(15)7-16-13(18-11)21-2/h7,9,20H,3-6,8H2,1-2H3,(H,17,19). The molecule has 1 aliphatic rings. The Morgan fingerprint density at radius 2 is 2.24 bits per heavy atom. The lowest BCUT2D eigenvalue weighted by molar-refractivity contribution is -0.00544. The summed E-state index contributed by atoms with van der Waals surface area (Å²) in [5, 5.41) is 13.9. The van der Waals surface area contributed by atoms with Gasteiger partial charge in [-0.25, -0.2) is 9.97 Å². The van der Waals surface area contributed by atoms with E-state index in [1.165, 1.54) is 18.0 Å². The maximum atomic E-state index is 12.2. The van der Waals surface area contributed by atoms with Gasteiger partial charge in [0.25, 0.3) is 5.91 Å². The fraction of sp³-hybridized carbons (Fsp3) is 0.643. The lowest BCUT2D eigenvalue weighted by atomic mass is 9.79. The summed E-state index contributed by atoms with van der Waals surface area (Å²) in [5.41, 5.74) is -0.659. The van der Waals surface area contributed by atoms with Gasteiger partial charge in [-0.15, -0.1) is 0 Å². The Labute approximate surface area is 133 Å². The second kappa shape index (κ2) is 6.94. The topological polar surface area (TPSA) is 75.1 Å². The minimum absolute atomic E-state index is 0.156. The zero-order chi connectivity index (χ0) is 15.5. The average Bonchev–Trinajstić information content (AvgIpc) is 2.49. The average molecular weight is 330 g/mol. The zero-order valence-corrected chi connectivity index (χ0v) is 13.8. The maximum absolute atomic E-state index is 12.2. The summed E-state index contributed by atoms with van der Waals surface area (Å²) >= 11 is 7.31. The molecule has 0 aliphatic heterocycles. The van der Waals surface area contributed by atoms with E-state index in [1.54, 1.807) is 0 Å². The molecule has 0 unspecified atom stereocenters. The van der Waals surface area contributed by atoms with Crippen molar-refractivity contribution in [2.45, 2.75) is 43.4 Å². The summed E-state index contributed by atoms with van der Waals surface area (Å²) in [6, 6.07) is 0. The molecule has 7 heteroatoms. The first kappa shape index (κ1) is 16.5. The molecule has 0 aromatic carbocycles. The molecule has 21 heavy (non-hydrogen) atoms. The van der Waals surface area contributed by atoms with Crippen LogP contribution in [0.3, 0.4) is 0 Å². The van der Waals surface area contributed by atoms with E-state index in [-0.39, 0.29) is 23.2 Å². The first-order valence-corrected chi connectivity index (χ1v) is 8.61. The summed E-state index contributed by atoms with van der Waals surface area (Å²) in [6.07, 6.45) is 6.64. The third-order valence-corrected chi connectivity index (χ3v) is 4.74. The monoisotopic (exact) mass is 329 g/mol. The smallest absolute Gasteiger partial charge is 0.271 e. The highest BCUT2D eigenvalue weighted by molar-refractivity contribution is 7.98. The molecule has 0 spiro atoms. The molecule has 1 fully saturated rings. The predicted molar refractivity (Wildman–Crippen MR) is 83.7 cm³/mol. The normalized spacial score (nSPS) is 25.6. The van der Waals surface area contributed by atoms with Crippen LogP contribution in [0, 0.1) is 5.92 Å². The molecule has 116 valence electrons. The molecule has 1 aromatic rings. The van der Waals surface area contributed by atoms with E-state index in [0.717, 1.165) is 12.8 Å². The third kappa shape index (κ3) is 4.31. The molecule has 1 heterocycles. The highest BCUT2D eigenvalue weighted by Gasteiger charge is 2.32. The van der Waals surface area contributed by atoms with Gasteiger partial charge in [0, 0.05) is 6.54 Å². The third-order valence-electron chi connectivity index (χ3n) is 3.90. The van der Waals surface area contributed by atoms with Crippen molar-refractivity contribution < 1.29 is 9.90 Å². The molecular weight excluding hydrogens is 310 g/mol. The van der Waals surface area contributed by atoms with E-state index >= 15 is 0 Å². The van der Waals surface area contributed by atoms with E-state index in [2.05, 4.69) is 22.2 Å². The van der Waals surface area contributed by atoms with E-state index in [9.17, 15) is 9.90 Å². The number of rotatable bonds is 4. The lowest BCUT2D eigenvalue weighted by Crippen LogP contribution is -2.45. The summed E-state index contributed by atoms with van der Waals surface area (Å²) < 4.78 is 0. The second-order valence-corrected chi connectivity index (χ2v) is 6.82. The Hall–Kier alpha value is -0.850. The minimum atomic E-state index is -0.815. The van der Waals surface area contributed by atoms with Crippen molar-refractivity contribution in [3.8, 4) is 0 Å². The largest absolute Gasteiger partial charge is 0.388 e. The molecule has 2 N–H and O–H groups in total. The van der Waals surface area contributed by atoms with Crippen LogP contribution in [0.4, 0.5) is 0 Å². The van der Waals surface area contributed by atoms with Crippen molar-refractivity contribution in [1.29, 1.82) is 0 Å². The van der Waals surface area contributed by atoms with Crippen molar-refractivity contribution in [2.24, 2.45) is 5.92 Å². The molecule has 1 amide bonds. The van der Waals surface area contributed by atoms with Crippen LogP contribution in [0.5, 0.6) is 0 Å². The van der Waals surface area contributed by atoms with Crippen LogP contribution in [0.1, 0.15) is 43.1 Å². The van der Waals surface area contributed by atoms with Gasteiger partial charge in [0.1, 0.15) is 0 Å². The molecular formula is C14H20ClN3O2S. The van der Waals surface area contributed by atoms with Crippen molar-refractivity contribution >= 4 is 29.3 Å². The van der Waals surface area contributed by atoms with Crippen LogP contribution in [0.2, 0.25) is 5.02 Å². The van der Waals surface area contributed by atoms with Crippen LogP contribution < -0.4 is 5.32 Å². The number of nitrogens with zero attached hydrogens (tertiary/aromatic N) is 2. The zero-order valence-electron chi connectivity index (χ0n) is 12.2. The van der Waals surface area contributed by atoms with Crippen LogP contribution in [0.15, 0.2) is 11.4 Å². The van der Waals surface area contributed by atoms with E-state index < -0.39 is 5.60 Å². The molecule has 1 aromatic heterocycles. The van der Waals surface area contributed by atoms with Crippen molar-refractivity contribution in [2.75, 3.05) is 12.8 Å². The van der Waals surface area contributed by atoms with Crippen LogP contribution in [0.25, 0.3) is 0 Å². The first-order valence-electron chi connectivity index (χ1n) is 7.00. The number of amides is 1. The molecule has 0 atom stereocenters. The van der Waals surface area contributed by atoms with Gasteiger partial charge in [-0.1, -0.05) is 30.3 Å². The van der Waals surface area contributed by atoms with Gasteiger partial charge < -0.3 is 10.4 Å². The quantitative estimate of drug-likeness (QED) is 0.656. The molecule has 0 radical (unpaired) electrons. The number of hydrogen-bond acceptors (Lipinski definition) is 5. The number of aliphatic hydroxyl groups is 1. The number of halogens is 1. The number of carbonyl (C=O) groups excluding carboxylic acids is 1. The van der Waals surface area contributed by atoms with Crippen molar-refractivity contribution in [3.63, 3.8) is 0 Å². The van der Waals surface area contributed by atoms with Gasteiger partial charge in [0.15, 0.2) is 10.9 Å². The maximum Gasteiger partial charge on any atom is 0.271 e. The van der Waals surface area contributed by atoms with Gasteiger partial charge in [0.05, 0.1) is 16.8 Å². The van der Waals surface area contributed by atoms with Crippen LogP contribution >= 0.6 is 23.4 Å². The minimum Gasteiger partial charge on any atom is -0.388 e. The fourth-order valence-electron chi connectivity index (χ4n) is 2.41. The van der Waals surface area contributed by atoms with Crippen molar-refractivity contribution in [1.82, 2.24) is 15.3 Å². The first-order chi connectivity index (χ1) is 9.93. The van der Waals surface area contributed by atoms with Gasteiger partial charge in [0.2, 0.25) is 0 Å². The predicted octanol–water partition coefficient (Wildman–Crippen LogP) is 2.52. The van der Waals surface area contributed by atoms with Gasteiger partial charge in [-0.3, -0.25) is 4.79 Å². The highest BCUT2D eigenvalue weighted by Crippen LogP contribution is 2.31. The summed E-state index contributed by atoms with van der Waals surface area (Å²) in [6.45, 7) is 2.41. The summed E-state index contributed by atoms with van der Waals surface area (Å²) in [4.78, 5) is 20.3. The summed E-state index contributed by atoms with van der Waals surface area (Å²) in [7, 11) is 0. The number of aromatic nitrogens is 2. The molecule has 0 bridgehead atoms. The SMILES string of the molecule is CSc1ncc(Cl)c(C(=O)NCC2(O)CCC(C)CC2)n1. The molecule has 0 saturated heterocycles. The van der Waals surface area contributed by atoms with Gasteiger partial charge in [-0.2, -0.15) is 0 Å². The van der Waals surface area contributed by atoms with Crippen LogP contribution in [-0.2, 0) is 0 Å². The highest BCUT2D eigenvalue weighted by atomic mass is 35.5. The molecule has 2 rings (SSSR count). The Bertz CT molecular complexity index is 519. The number of nitrogens with one attached hydrogen (secondary N) is 1. The second-order valence-electron chi connectivity index (χ2n) is 5.64. The summed E-state index contributed by atoms with van der Waals surface area (Å²) in [5.74, 6) is 0.270. The number of hydrogen-bond donors (Lipinski definition) is 2. The van der Waals surface area contributed by atoms with E-state index in [4.69, 9.17) is 11.6 Å². The van der Waals surface area contributed by atoms with Gasteiger partial charge >= 0.3 is 0 Å². The molecule has 1 saturated carbocycles. The lowest BCUT2D eigenvalue weighted by Gasteiger charge is -2.34. The Morgan fingerprint density at radius 1 is 1.57 bits per heavy atom. The Kier molecular flexibility index (Phi) is 5.46. The molecule has 5 nitrogen and oxygen atoms in total. The Balaban J connectivity index is 1.98. The molecule has 1 aliphatic carbocycles. The van der Waals surface area contributed by atoms with Gasteiger partial charge in [-0.05, 0) is 37.9 Å². The van der Waals surface area contributed by atoms with Crippen LogP contribution in [-0.4, -0.2) is 39.4 Å². The van der Waals surface area contributed by atoms with Crippen molar-refractivity contribution in [3.05, 3.63) is 16.9 Å². The number of carbonyl (C=O) groups is 1. The van der Waals surface area contributed by atoms with E-state index in [1.807, 2.05) is 6.26 Å². The number of thioether (sulfide) groups is 1.